The van der Waals surface area contributed by atoms with Crippen molar-refractivity contribution >= 4 is 5.91 Å². The molecule has 0 aliphatic carbocycles. The molecule has 2 unspecified atom stereocenters. The van der Waals surface area contributed by atoms with Gasteiger partial charge in [-0.1, -0.05) is 0 Å². The van der Waals surface area contributed by atoms with Crippen LogP contribution in [0.3, 0.4) is 0 Å². The Kier molecular flexibility index (Phi) is 5.05. The Bertz CT molecular complexity index is 209. The first kappa shape index (κ1) is 12.5. The zero-order valence-corrected chi connectivity index (χ0v) is 9.95. The summed E-state index contributed by atoms with van der Waals surface area (Å²) in [5.74, 6) is 0.218. The molecule has 1 rings (SSSR count). The second-order valence-electron chi connectivity index (χ2n) is 4.02. The molecule has 2 atom stereocenters. The Morgan fingerprint density at radius 3 is 3.00 bits per heavy atom. The maximum absolute atomic E-state index is 12.0. The fraction of sp³-hybridized carbons (Fsp3) is 0.909. The summed E-state index contributed by atoms with van der Waals surface area (Å²) in [4.78, 5) is 13.9. The highest BCUT2D eigenvalue weighted by atomic mass is 16.5. The molecule has 1 aliphatic rings. The summed E-state index contributed by atoms with van der Waals surface area (Å²) in [6.45, 7) is 6.23. The molecular formula is C11H22N2O2. The first-order valence-corrected chi connectivity index (χ1v) is 5.76. The molecule has 1 saturated heterocycles. The maximum Gasteiger partial charge on any atom is 0.240 e. The predicted octanol–water partition coefficient (Wildman–Crippen LogP) is 0.622. The molecule has 1 heterocycles. The Balaban J connectivity index is 2.48. The first-order chi connectivity index (χ1) is 7.20. The number of hydrogen-bond donors (Lipinski definition) is 1. The SMILES string of the molecule is CCOCC(C)N1CCCC(NC)C1=O. The van der Waals surface area contributed by atoms with E-state index in [4.69, 9.17) is 4.74 Å². The third-order valence-electron chi connectivity index (χ3n) is 2.92. The Morgan fingerprint density at radius 1 is 1.67 bits per heavy atom. The molecule has 1 aliphatic heterocycles. The zero-order valence-electron chi connectivity index (χ0n) is 9.95. The van der Waals surface area contributed by atoms with Crippen molar-refractivity contribution < 1.29 is 9.53 Å². The van der Waals surface area contributed by atoms with Crippen LogP contribution in [0.25, 0.3) is 0 Å². The lowest BCUT2D eigenvalue weighted by molar-refractivity contribution is -0.139. The van der Waals surface area contributed by atoms with E-state index in [2.05, 4.69) is 5.32 Å². The van der Waals surface area contributed by atoms with Crippen molar-refractivity contribution in [3.8, 4) is 0 Å². The van der Waals surface area contributed by atoms with Crippen molar-refractivity contribution in [1.29, 1.82) is 0 Å². The fourth-order valence-electron chi connectivity index (χ4n) is 1.98. The van der Waals surface area contributed by atoms with Crippen LogP contribution in [-0.2, 0) is 9.53 Å². The van der Waals surface area contributed by atoms with Crippen LogP contribution in [0.5, 0.6) is 0 Å². The Morgan fingerprint density at radius 2 is 2.40 bits per heavy atom. The topological polar surface area (TPSA) is 41.6 Å². The second-order valence-corrected chi connectivity index (χ2v) is 4.02. The van der Waals surface area contributed by atoms with E-state index in [1.54, 1.807) is 0 Å². The molecule has 0 radical (unpaired) electrons. The minimum Gasteiger partial charge on any atom is -0.380 e. The Labute approximate surface area is 92.0 Å². The molecule has 4 heteroatoms. The van der Waals surface area contributed by atoms with Gasteiger partial charge in [-0.05, 0) is 33.7 Å². The number of nitrogens with one attached hydrogen (secondary N) is 1. The van der Waals surface area contributed by atoms with Crippen LogP contribution in [0.1, 0.15) is 26.7 Å². The van der Waals surface area contributed by atoms with Crippen molar-refractivity contribution in [3.05, 3.63) is 0 Å². The number of nitrogens with zero attached hydrogens (tertiary/aromatic N) is 1. The molecule has 0 spiro atoms. The van der Waals surface area contributed by atoms with Crippen LogP contribution < -0.4 is 5.32 Å². The van der Waals surface area contributed by atoms with Gasteiger partial charge in [0.1, 0.15) is 0 Å². The summed E-state index contributed by atoms with van der Waals surface area (Å²) in [6, 6.07) is 0.191. The summed E-state index contributed by atoms with van der Waals surface area (Å²) in [5.41, 5.74) is 0. The molecule has 1 fully saturated rings. The van der Waals surface area contributed by atoms with Crippen LogP contribution in [-0.4, -0.2) is 49.7 Å². The number of amides is 1. The number of likely N-dealkylation sites (tertiary alicyclic amines) is 1. The highest BCUT2D eigenvalue weighted by Crippen LogP contribution is 2.14. The average Bonchev–Trinajstić information content (AvgIpc) is 2.26. The minimum absolute atomic E-state index is 0.00262. The lowest BCUT2D eigenvalue weighted by Crippen LogP contribution is -2.53. The summed E-state index contributed by atoms with van der Waals surface area (Å²) in [6.07, 6.45) is 2.03. The molecule has 1 amide bonds. The van der Waals surface area contributed by atoms with Crippen LogP contribution in [0.2, 0.25) is 0 Å². The van der Waals surface area contributed by atoms with E-state index in [-0.39, 0.29) is 18.0 Å². The average molecular weight is 214 g/mol. The van der Waals surface area contributed by atoms with Crippen molar-refractivity contribution in [1.82, 2.24) is 10.2 Å². The zero-order chi connectivity index (χ0) is 11.3. The largest absolute Gasteiger partial charge is 0.380 e. The quantitative estimate of drug-likeness (QED) is 0.729. The van der Waals surface area contributed by atoms with Gasteiger partial charge in [-0.3, -0.25) is 4.79 Å². The maximum atomic E-state index is 12.0. The lowest BCUT2D eigenvalue weighted by atomic mass is 10.0. The van der Waals surface area contributed by atoms with Gasteiger partial charge in [0.25, 0.3) is 0 Å². The second kappa shape index (κ2) is 6.08. The summed E-state index contributed by atoms with van der Waals surface area (Å²) < 4.78 is 5.35. The van der Waals surface area contributed by atoms with Gasteiger partial charge < -0.3 is 15.0 Å². The third kappa shape index (κ3) is 3.18. The molecule has 1 N–H and O–H groups in total. The molecule has 0 aromatic carbocycles. The summed E-state index contributed by atoms with van der Waals surface area (Å²) in [5, 5.41) is 3.06. The number of likely N-dealkylation sites (N-methyl/N-ethyl adjacent to an activating group) is 1. The van der Waals surface area contributed by atoms with E-state index < -0.39 is 0 Å². The molecule has 0 bridgehead atoms. The van der Waals surface area contributed by atoms with Gasteiger partial charge in [0.2, 0.25) is 5.91 Å². The standard InChI is InChI=1S/C11H22N2O2/c1-4-15-8-9(2)13-7-5-6-10(12-3)11(13)14/h9-10,12H,4-8H2,1-3H3. The van der Waals surface area contributed by atoms with E-state index in [1.165, 1.54) is 0 Å². The number of carbonyl (C=O) groups is 1. The summed E-state index contributed by atoms with van der Waals surface area (Å²) >= 11 is 0. The van der Waals surface area contributed by atoms with Crippen molar-refractivity contribution in [3.63, 3.8) is 0 Å². The van der Waals surface area contributed by atoms with Crippen molar-refractivity contribution in [2.45, 2.75) is 38.8 Å². The van der Waals surface area contributed by atoms with Gasteiger partial charge in [0.05, 0.1) is 18.7 Å². The van der Waals surface area contributed by atoms with Gasteiger partial charge in [-0.2, -0.15) is 0 Å². The van der Waals surface area contributed by atoms with Crippen LogP contribution in [0.15, 0.2) is 0 Å². The number of carbonyl (C=O) groups excluding carboxylic acids is 1. The van der Waals surface area contributed by atoms with E-state index in [1.807, 2.05) is 25.8 Å². The molecular weight excluding hydrogens is 192 g/mol. The highest BCUT2D eigenvalue weighted by Gasteiger charge is 2.30. The van der Waals surface area contributed by atoms with Crippen LogP contribution in [0.4, 0.5) is 0 Å². The van der Waals surface area contributed by atoms with E-state index in [0.29, 0.717) is 13.2 Å². The van der Waals surface area contributed by atoms with Crippen LogP contribution in [0, 0.1) is 0 Å². The Hall–Kier alpha value is -0.610. The molecule has 4 nitrogen and oxygen atoms in total. The normalized spacial score (nSPS) is 24.3. The van der Waals surface area contributed by atoms with E-state index in [0.717, 1.165) is 19.4 Å². The molecule has 15 heavy (non-hydrogen) atoms. The number of ether oxygens (including phenoxy) is 1. The summed E-state index contributed by atoms with van der Waals surface area (Å²) in [7, 11) is 1.85. The van der Waals surface area contributed by atoms with Gasteiger partial charge in [-0.25, -0.2) is 0 Å². The van der Waals surface area contributed by atoms with E-state index >= 15 is 0 Å². The van der Waals surface area contributed by atoms with Gasteiger partial charge in [0, 0.05) is 13.2 Å². The number of rotatable bonds is 5. The highest BCUT2D eigenvalue weighted by molar-refractivity contribution is 5.82. The molecule has 88 valence electrons. The molecule has 0 aromatic heterocycles. The van der Waals surface area contributed by atoms with Gasteiger partial charge in [-0.15, -0.1) is 0 Å². The van der Waals surface area contributed by atoms with Crippen molar-refractivity contribution in [2.24, 2.45) is 0 Å². The molecule has 0 aromatic rings. The van der Waals surface area contributed by atoms with E-state index in [9.17, 15) is 4.79 Å². The van der Waals surface area contributed by atoms with Crippen molar-refractivity contribution in [2.75, 3.05) is 26.8 Å². The smallest absolute Gasteiger partial charge is 0.240 e. The third-order valence-corrected chi connectivity index (χ3v) is 2.92. The lowest BCUT2D eigenvalue weighted by Gasteiger charge is -2.36. The minimum atomic E-state index is 0.00262. The number of piperidine rings is 1. The first-order valence-electron chi connectivity index (χ1n) is 5.76. The predicted molar refractivity (Wildman–Crippen MR) is 59.7 cm³/mol. The fourth-order valence-corrected chi connectivity index (χ4v) is 1.98. The van der Waals surface area contributed by atoms with Crippen LogP contribution >= 0.6 is 0 Å². The van der Waals surface area contributed by atoms with Gasteiger partial charge >= 0.3 is 0 Å². The molecule has 0 saturated carbocycles. The van der Waals surface area contributed by atoms with Gasteiger partial charge in [0.15, 0.2) is 0 Å². The number of hydrogen-bond acceptors (Lipinski definition) is 3. The monoisotopic (exact) mass is 214 g/mol.